The van der Waals surface area contributed by atoms with Crippen molar-refractivity contribution in [2.75, 3.05) is 21.7 Å². The molecule has 8 heteroatoms. The summed E-state index contributed by atoms with van der Waals surface area (Å²) >= 11 is 1.33. The first-order valence-corrected chi connectivity index (χ1v) is 10.7. The van der Waals surface area contributed by atoms with Crippen LogP contribution in [0.1, 0.15) is 25.0 Å². The van der Waals surface area contributed by atoms with E-state index in [1.165, 1.54) is 11.3 Å². The first-order valence-electron chi connectivity index (χ1n) is 9.89. The quantitative estimate of drug-likeness (QED) is 0.306. The zero-order valence-corrected chi connectivity index (χ0v) is 17.9. The molecule has 3 aromatic carbocycles. The fourth-order valence-corrected chi connectivity index (χ4v) is 3.68. The topological polar surface area (TPSA) is 109 Å². The molecule has 0 radical (unpaired) electrons. The van der Waals surface area contributed by atoms with E-state index in [1.807, 2.05) is 30.3 Å². The number of anilines is 4. The summed E-state index contributed by atoms with van der Waals surface area (Å²) in [6.45, 7) is 0.588. The Bertz CT molecular complexity index is 1220. The molecule has 0 atom stereocenters. The lowest BCUT2D eigenvalue weighted by atomic mass is 10.2. The average Bonchev–Trinajstić information content (AvgIpc) is 3.30. The van der Waals surface area contributed by atoms with Gasteiger partial charge in [-0.15, -0.1) is 11.3 Å². The van der Waals surface area contributed by atoms with Gasteiger partial charge in [-0.05, 0) is 48.5 Å². The number of aromatic nitrogens is 1. The Morgan fingerprint density at radius 1 is 0.812 bits per heavy atom. The van der Waals surface area contributed by atoms with Gasteiger partial charge in [0.15, 0.2) is 5.01 Å². The molecule has 4 aromatic rings. The predicted octanol–water partition coefficient (Wildman–Crippen LogP) is 4.84. The molecule has 0 fully saturated rings. The normalized spacial score (nSPS) is 10.4. The van der Waals surface area contributed by atoms with Crippen molar-refractivity contribution in [1.82, 2.24) is 4.98 Å². The summed E-state index contributed by atoms with van der Waals surface area (Å²) in [6, 6.07) is 23.5. The first kappa shape index (κ1) is 21.1. The molecule has 0 bridgehead atoms. The third-order valence-corrected chi connectivity index (χ3v) is 5.60. The summed E-state index contributed by atoms with van der Waals surface area (Å²) < 4.78 is 0. The van der Waals surface area contributed by atoms with Crippen LogP contribution >= 0.6 is 11.3 Å². The molecule has 0 aliphatic carbocycles. The van der Waals surface area contributed by atoms with Gasteiger partial charge in [0.25, 0.3) is 11.8 Å². The molecular weight excluding hydrogens is 422 g/mol. The van der Waals surface area contributed by atoms with E-state index >= 15 is 0 Å². The Hall–Kier alpha value is -4.17. The van der Waals surface area contributed by atoms with E-state index in [0.29, 0.717) is 34.2 Å². The Kier molecular flexibility index (Phi) is 6.43. The van der Waals surface area contributed by atoms with Crippen molar-refractivity contribution in [3.63, 3.8) is 0 Å². The van der Waals surface area contributed by atoms with Crippen LogP contribution in [0, 0.1) is 0 Å². The SMILES string of the molecule is Nc1ccccc1NC(=O)c1ccc(NC(=O)c2ncc(CNc3ccccc3)s2)cc1. The van der Waals surface area contributed by atoms with Gasteiger partial charge in [-0.25, -0.2) is 4.98 Å². The minimum absolute atomic E-state index is 0.281. The van der Waals surface area contributed by atoms with Gasteiger partial charge in [0.05, 0.1) is 17.9 Å². The van der Waals surface area contributed by atoms with Crippen LogP contribution in [0.25, 0.3) is 0 Å². The van der Waals surface area contributed by atoms with Gasteiger partial charge in [-0.2, -0.15) is 0 Å². The largest absolute Gasteiger partial charge is 0.397 e. The molecule has 0 saturated carbocycles. The molecule has 1 aromatic heterocycles. The zero-order valence-electron chi connectivity index (χ0n) is 17.0. The fraction of sp³-hybridized carbons (Fsp3) is 0.0417. The number of carbonyl (C=O) groups is 2. The Labute approximate surface area is 189 Å². The van der Waals surface area contributed by atoms with Crippen molar-refractivity contribution in [3.05, 3.63) is 101 Å². The summed E-state index contributed by atoms with van der Waals surface area (Å²) in [5.41, 5.74) is 8.94. The highest BCUT2D eigenvalue weighted by Gasteiger charge is 2.13. The fourth-order valence-electron chi connectivity index (χ4n) is 2.93. The van der Waals surface area contributed by atoms with Gasteiger partial charge in [0, 0.05) is 28.0 Å². The minimum Gasteiger partial charge on any atom is -0.397 e. The van der Waals surface area contributed by atoms with Gasteiger partial charge in [-0.1, -0.05) is 30.3 Å². The van der Waals surface area contributed by atoms with Gasteiger partial charge in [0.1, 0.15) is 0 Å². The summed E-state index contributed by atoms with van der Waals surface area (Å²) in [5, 5.41) is 9.25. The van der Waals surface area contributed by atoms with Crippen LogP contribution in [0.3, 0.4) is 0 Å². The number of hydrogen-bond acceptors (Lipinski definition) is 6. The smallest absolute Gasteiger partial charge is 0.284 e. The van der Waals surface area contributed by atoms with Gasteiger partial charge >= 0.3 is 0 Å². The maximum atomic E-state index is 12.5. The summed E-state index contributed by atoms with van der Waals surface area (Å²) in [6.07, 6.45) is 1.69. The molecule has 0 aliphatic rings. The molecule has 0 saturated heterocycles. The van der Waals surface area contributed by atoms with E-state index in [4.69, 9.17) is 5.73 Å². The van der Waals surface area contributed by atoms with Crippen LogP contribution < -0.4 is 21.7 Å². The number of benzene rings is 3. The molecule has 0 spiro atoms. The minimum atomic E-state index is -0.296. The third-order valence-electron chi connectivity index (χ3n) is 4.60. The Morgan fingerprint density at radius 3 is 2.28 bits per heavy atom. The highest BCUT2D eigenvalue weighted by Crippen LogP contribution is 2.20. The van der Waals surface area contributed by atoms with Crippen molar-refractivity contribution in [2.45, 2.75) is 6.54 Å². The highest BCUT2D eigenvalue weighted by molar-refractivity contribution is 7.13. The van der Waals surface area contributed by atoms with Crippen molar-refractivity contribution in [2.24, 2.45) is 0 Å². The van der Waals surface area contributed by atoms with Crippen molar-refractivity contribution >= 4 is 45.9 Å². The first-order chi connectivity index (χ1) is 15.6. The standard InChI is InChI=1S/C24H21N5O2S/c25-20-8-4-5-9-21(20)29-22(30)16-10-12-18(13-11-16)28-23(31)24-27-15-19(32-24)14-26-17-6-2-1-3-7-17/h1-13,15,26H,14,25H2,(H,28,31)(H,29,30). The van der Waals surface area contributed by atoms with E-state index in [2.05, 4.69) is 20.9 Å². The molecule has 5 N–H and O–H groups in total. The molecular formula is C24H21N5O2S. The number of nitrogens with two attached hydrogens (primary N) is 1. The number of hydrogen-bond donors (Lipinski definition) is 4. The second-order valence-corrected chi connectivity index (χ2v) is 8.04. The number of nitrogens with one attached hydrogen (secondary N) is 3. The van der Waals surface area contributed by atoms with Crippen LogP contribution in [-0.2, 0) is 6.54 Å². The molecule has 0 aliphatic heterocycles. The van der Waals surface area contributed by atoms with E-state index in [0.717, 1.165) is 10.6 Å². The molecule has 2 amide bonds. The van der Waals surface area contributed by atoms with Gasteiger partial charge in [-0.3, -0.25) is 9.59 Å². The predicted molar refractivity (Wildman–Crippen MR) is 129 cm³/mol. The number of rotatable bonds is 7. The molecule has 0 unspecified atom stereocenters. The highest BCUT2D eigenvalue weighted by atomic mass is 32.1. The number of carbonyl (C=O) groups excluding carboxylic acids is 2. The van der Waals surface area contributed by atoms with E-state index < -0.39 is 0 Å². The summed E-state index contributed by atoms with van der Waals surface area (Å²) in [4.78, 5) is 30.1. The van der Waals surface area contributed by atoms with Crippen LogP contribution in [0.2, 0.25) is 0 Å². The van der Waals surface area contributed by atoms with E-state index in [9.17, 15) is 9.59 Å². The zero-order chi connectivity index (χ0) is 22.3. The Morgan fingerprint density at radius 2 is 1.53 bits per heavy atom. The van der Waals surface area contributed by atoms with Crippen molar-refractivity contribution in [1.29, 1.82) is 0 Å². The maximum absolute atomic E-state index is 12.5. The van der Waals surface area contributed by atoms with Gasteiger partial charge < -0.3 is 21.7 Å². The van der Waals surface area contributed by atoms with Crippen LogP contribution in [0.5, 0.6) is 0 Å². The van der Waals surface area contributed by atoms with Crippen molar-refractivity contribution < 1.29 is 9.59 Å². The Balaban J connectivity index is 1.33. The monoisotopic (exact) mass is 443 g/mol. The van der Waals surface area contributed by atoms with E-state index in [1.54, 1.807) is 54.7 Å². The maximum Gasteiger partial charge on any atom is 0.284 e. The number of nitrogens with zero attached hydrogens (tertiary/aromatic N) is 1. The lowest BCUT2D eigenvalue weighted by Gasteiger charge is -2.08. The lowest BCUT2D eigenvalue weighted by Crippen LogP contribution is -2.14. The average molecular weight is 444 g/mol. The second-order valence-electron chi connectivity index (χ2n) is 6.92. The lowest BCUT2D eigenvalue weighted by molar-refractivity contribution is 0.101. The molecule has 4 rings (SSSR count). The number of amides is 2. The number of para-hydroxylation sites is 3. The summed E-state index contributed by atoms with van der Waals surface area (Å²) in [5.74, 6) is -0.577. The van der Waals surface area contributed by atoms with E-state index in [-0.39, 0.29) is 11.8 Å². The number of thiazole rings is 1. The summed E-state index contributed by atoms with van der Waals surface area (Å²) in [7, 11) is 0. The second kappa shape index (κ2) is 9.76. The third kappa shape index (κ3) is 5.30. The number of nitrogen functional groups attached to an aromatic ring is 1. The van der Waals surface area contributed by atoms with Crippen molar-refractivity contribution in [3.8, 4) is 0 Å². The molecule has 1 heterocycles. The molecule has 160 valence electrons. The molecule has 32 heavy (non-hydrogen) atoms. The van der Waals surface area contributed by atoms with Crippen LogP contribution in [0.4, 0.5) is 22.7 Å². The van der Waals surface area contributed by atoms with Crippen LogP contribution in [-0.4, -0.2) is 16.8 Å². The van der Waals surface area contributed by atoms with Crippen LogP contribution in [0.15, 0.2) is 85.1 Å². The van der Waals surface area contributed by atoms with Gasteiger partial charge in [0.2, 0.25) is 0 Å². The molecule has 7 nitrogen and oxygen atoms in total.